The maximum atomic E-state index is 12.9. The summed E-state index contributed by atoms with van der Waals surface area (Å²) in [5.74, 6) is 0.386. The van der Waals surface area contributed by atoms with E-state index < -0.39 is 0 Å². The Balaban J connectivity index is 1.95. The van der Waals surface area contributed by atoms with Crippen molar-refractivity contribution >= 4 is 16.8 Å². The standard InChI is InChI=1S/C21H25N3O3/c1-12(2)24-7-6-16-17(9-15(27-5)10-19(16)24)20(25)22-11-18-13(3)8-14(4)23-21(18)26/h6-10,12H,11H2,1-5H3,(H,22,25)(H,23,26). The summed E-state index contributed by atoms with van der Waals surface area (Å²) in [7, 11) is 1.58. The van der Waals surface area contributed by atoms with E-state index in [0.29, 0.717) is 16.9 Å². The number of rotatable bonds is 5. The van der Waals surface area contributed by atoms with Gasteiger partial charge in [-0.1, -0.05) is 0 Å². The molecule has 2 N–H and O–H groups in total. The molecule has 0 fully saturated rings. The van der Waals surface area contributed by atoms with Gasteiger partial charge >= 0.3 is 0 Å². The fourth-order valence-electron chi connectivity index (χ4n) is 3.36. The average Bonchev–Trinajstić information content (AvgIpc) is 3.03. The van der Waals surface area contributed by atoms with Crippen molar-refractivity contribution in [2.75, 3.05) is 7.11 Å². The van der Waals surface area contributed by atoms with Crippen molar-refractivity contribution in [3.05, 3.63) is 63.2 Å². The van der Waals surface area contributed by atoms with Gasteiger partial charge in [-0.2, -0.15) is 0 Å². The molecule has 0 radical (unpaired) electrons. The minimum Gasteiger partial charge on any atom is -0.497 e. The zero-order valence-corrected chi connectivity index (χ0v) is 16.3. The number of aromatic amines is 1. The third kappa shape index (κ3) is 3.60. The Labute approximate surface area is 158 Å². The van der Waals surface area contributed by atoms with Crippen LogP contribution in [0.1, 0.15) is 47.1 Å². The molecular formula is C21H25N3O3. The molecule has 0 aliphatic carbocycles. The molecule has 0 aliphatic rings. The van der Waals surface area contributed by atoms with Crippen LogP contribution >= 0.6 is 0 Å². The van der Waals surface area contributed by atoms with Crippen molar-refractivity contribution in [1.82, 2.24) is 14.9 Å². The highest BCUT2D eigenvalue weighted by atomic mass is 16.5. The zero-order valence-electron chi connectivity index (χ0n) is 16.3. The monoisotopic (exact) mass is 367 g/mol. The molecule has 0 spiro atoms. The van der Waals surface area contributed by atoms with E-state index in [1.807, 2.05) is 38.2 Å². The summed E-state index contributed by atoms with van der Waals surface area (Å²) in [6.45, 7) is 8.05. The van der Waals surface area contributed by atoms with Gasteiger partial charge in [-0.25, -0.2) is 0 Å². The highest BCUT2D eigenvalue weighted by Gasteiger charge is 2.16. The first kappa shape index (κ1) is 18.8. The topological polar surface area (TPSA) is 76.1 Å². The van der Waals surface area contributed by atoms with E-state index in [-0.39, 0.29) is 24.1 Å². The first-order valence-electron chi connectivity index (χ1n) is 8.98. The number of nitrogens with one attached hydrogen (secondary N) is 2. The highest BCUT2D eigenvalue weighted by Crippen LogP contribution is 2.28. The third-order valence-corrected chi connectivity index (χ3v) is 4.77. The SMILES string of the molecule is COc1cc(C(=O)NCc2c(C)cc(C)[nH]c2=O)c2ccn(C(C)C)c2c1. The van der Waals surface area contributed by atoms with Crippen LogP contribution in [0, 0.1) is 13.8 Å². The number of aromatic nitrogens is 2. The van der Waals surface area contributed by atoms with Crippen molar-refractivity contribution in [3.63, 3.8) is 0 Å². The summed E-state index contributed by atoms with van der Waals surface area (Å²) in [4.78, 5) is 27.8. The van der Waals surface area contributed by atoms with Gasteiger partial charge in [0.05, 0.1) is 18.2 Å². The Hall–Kier alpha value is -3.02. The highest BCUT2D eigenvalue weighted by molar-refractivity contribution is 6.07. The first-order valence-corrected chi connectivity index (χ1v) is 8.98. The van der Waals surface area contributed by atoms with Gasteiger partial charge in [0.25, 0.3) is 11.5 Å². The summed E-state index contributed by atoms with van der Waals surface area (Å²) in [6, 6.07) is 7.76. The molecule has 0 bridgehead atoms. The van der Waals surface area contributed by atoms with E-state index in [0.717, 1.165) is 22.2 Å². The lowest BCUT2D eigenvalue weighted by Gasteiger charge is -2.13. The van der Waals surface area contributed by atoms with Crippen LogP contribution < -0.4 is 15.6 Å². The van der Waals surface area contributed by atoms with Gasteiger partial charge in [-0.3, -0.25) is 9.59 Å². The number of carbonyl (C=O) groups excluding carboxylic acids is 1. The summed E-state index contributed by atoms with van der Waals surface area (Å²) in [5, 5.41) is 3.73. The quantitative estimate of drug-likeness (QED) is 0.725. The van der Waals surface area contributed by atoms with Crippen LogP contribution in [-0.2, 0) is 6.54 Å². The first-order chi connectivity index (χ1) is 12.8. The minimum atomic E-state index is -0.236. The molecule has 6 nitrogen and oxygen atoms in total. The van der Waals surface area contributed by atoms with Crippen molar-refractivity contribution in [2.45, 2.75) is 40.3 Å². The lowest BCUT2D eigenvalue weighted by atomic mass is 10.1. The maximum absolute atomic E-state index is 12.9. The van der Waals surface area contributed by atoms with Gasteiger partial charge in [-0.05, 0) is 51.5 Å². The van der Waals surface area contributed by atoms with Crippen molar-refractivity contribution in [2.24, 2.45) is 0 Å². The number of H-pyrrole nitrogens is 1. The number of methoxy groups -OCH3 is 1. The lowest BCUT2D eigenvalue weighted by Crippen LogP contribution is -2.28. The van der Waals surface area contributed by atoms with Crippen LogP contribution in [-0.4, -0.2) is 22.6 Å². The Morgan fingerprint density at radius 3 is 2.63 bits per heavy atom. The number of aryl methyl sites for hydroxylation is 2. The summed E-state index contributed by atoms with van der Waals surface area (Å²) >= 11 is 0. The molecule has 0 saturated carbocycles. The normalized spacial score (nSPS) is 11.2. The third-order valence-electron chi connectivity index (χ3n) is 4.77. The smallest absolute Gasteiger partial charge is 0.253 e. The second kappa shape index (κ2) is 7.31. The zero-order chi connectivity index (χ0) is 19.7. The molecule has 6 heteroatoms. The number of amides is 1. The van der Waals surface area contributed by atoms with Crippen LogP contribution in [0.15, 0.2) is 35.3 Å². The van der Waals surface area contributed by atoms with Crippen molar-refractivity contribution in [3.8, 4) is 5.75 Å². The summed E-state index contributed by atoms with van der Waals surface area (Å²) < 4.78 is 7.48. The maximum Gasteiger partial charge on any atom is 0.253 e. The van der Waals surface area contributed by atoms with Crippen molar-refractivity contribution < 1.29 is 9.53 Å². The number of nitrogens with zero attached hydrogens (tertiary/aromatic N) is 1. The summed E-state index contributed by atoms with van der Waals surface area (Å²) in [5.41, 5.74) is 3.53. The van der Waals surface area contributed by atoms with Gasteiger partial charge < -0.3 is 19.6 Å². The number of hydrogen-bond acceptors (Lipinski definition) is 3. The lowest BCUT2D eigenvalue weighted by molar-refractivity contribution is 0.0952. The fourth-order valence-corrected chi connectivity index (χ4v) is 3.36. The van der Waals surface area contributed by atoms with E-state index in [1.54, 1.807) is 13.2 Å². The fraction of sp³-hybridized carbons (Fsp3) is 0.333. The molecule has 2 aromatic heterocycles. The molecule has 0 saturated heterocycles. The molecule has 1 amide bonds. The minimum absolute atomic E-state index is 0.171. The Bertz CT molecular complexity index is 1060. The number of pyridine rings is 1. The average molecular weight is 367 g/mol. The van der Waals surface area contributed by atoms with E-state index >= 15 is 0 Å². The molecular weight excluding hydrogens is 342 g/mol. The van der Waals surface area contributed by atoms with Crippen LogP contribution in [0.2, 0.25) is 0 Å². The number of ether oxygens (including phenoxy) is 1. The number of hydrogen-bond donors (Lipinski definition) is 2. The Morgan fingerprint density at radius 2 is 2.00 bits per heavy atom. The van der Waals surface area contributed by atoms with Crippen LogP contribution in [0.25, 0.3) is 10.9 Å². The number of carbonyl (C=O) groups is 1. The van der Waals surface area contributed by atoms with Gasteiger partial charge in [-0.15, -0.1) is 0 Å². The molecule has 0 atom stereocenters. The molecule has 142 valence electrons. The molecule has 3 aromatic rings. The summed E-state index contributed by atoms with van der Waals surface area (Å²) in [6.07, 6.45) is 1.97. The van der Waals surface area contributed by atoms with Crippen LogP contribution in [0.4, 0.5) is 0 Å². The van der Waals surface area contributed by atoms with E-state index in [4.69, 9.17) is 4.74 Å². The Kier molecular flexibility index (Phi) is 5.08. The van der Waals surface area contributed by atoms with Crippen LogP contribution in [0.3, 0.4) is 0 Å². The second-order valence-electron chi connectivity index (χ2n) is 7.05. The van der Waals surface area contributed by atoms with E-state index in [2.05, 4.69) is 28.7 Å². The van der Waals surface area contributed by atoms with E-state index in [9.17, 15) is 9.59 Å². The molecule has 0 aliphatic heterocycles. The van der Waals surface area contributed by atoms with E-state index in [1.165, 1.54) is 0 Å². The number of fused-ring (bicyclic) bond motifs is 1. The second-order valence-corrected chi connectivity index (χ2v) is 7.05. The van der Waals surface area contributed by atoms with Gasteiger partial charge in [0, 0.05) is 41.5 Å². The number of benzene rings is 1. The predicted molar refractivity (Wildman–Crippen MR) is 107 cm³/mol. The molecule has 1 aromatic carbocycles. The van der Waals surface area contributed by atoms with Crippen LogP contribution in [0.5, 0.6) is 5.75 Å². The molecule has 27 heavy (non-hydrogen) atoms. The largest absolute Gasteiger partial charge is 0.497 e. The molecule has 3 rings (SSSR count). The Morgan fingerprint density at radius 1 is 1.26 bits per heavy atom. The van der Waals surface area contributed by atoms with Crippen molar-refractivity contribution in [1.29, 1.82) is 0 Å². The predicted octanol–water partition coefficient (Wildman–Crippen LogP) is 3.47. The van der Waals surface area contributed by atoms with Gasteiger partial charge in [0.1, 0.15) is 5.75 Å². The van der Waals surface area contributed by atoms with Gasteiger partial charge in [0.2, 0.25) is 0 Å². The molecule has 0 unspecified atom stereocenters. The molecule has 2 heterocycles. The van der Waals surface area contributed by atoms with Gasteiger partial charge in [0.15, 0.2) is 0 Å².